The van der Waals surface area contributed by atoms with E-state index < -0.39 is 0 Å². The minimum absolute atomic E-state index is 0.00348. The minimum atomic E-state index is 0.00348. The quantitative estimate of drug-likeness (QED) is 0.677. The van der Waals surface area contributed by atoms with E-state index in [0.717, 1.165) is 47.4 Å². The Labute approximate surface area is 177 Å². The highest BCUT2D eigenvalue weighted by molar-refractivity contribution is 5.90. The van der Waals surface area contributed by atoms with Crippen LogP contribution in [-0.4, -0.2) is 38.7 Å². The molecule has 3 heterocycles. The smallest absolute Gasteiger partial charge is 0.224 e. The van der Waals surface area contributed by atoms with Crippen LogP contribution in [0.15, 0.2) is 36.7 Å². The molecule has 156 valence electrons. The van der Waals surface area contributed by atoms with Gasteiger partial charge in [0.15, 0.2) is 5.82 Å². The molecule has 0 saturated carbocycles. The molecule has 2 aromatic heterocycles. The van der Waals surface area contributed by atoms with Crippen molar-refractivity contribution in [2.45, 2.75) is 46.5 Å². The van der Waals surface area contributed by atoms with Crippen molar-refractivity contribution in [3.8, 4) is 5.82 Å². The first-order chi connectivity index (χ1) is 14.5. The molecule has 3 aromatic rings. The standard InChI is InChI=1S/C23H28N6O/c1-16-6-8-19(9-7-16)26-23(30)11-10-20-17(2)27-29(18(20)3)22-14-21(24-15-25-22)28-12-4-5-13-28/h6-9,14-15H,4-5,10-13H2,1-3H3,(H,26,30). The van der Waals surface area contributed by atoms with Gasteiger partial charge in [-0.25, -0.2) is 14.6 Å². The average molecular weight is 405 g/mol. The van der Waals surface area contributed by atoms with Crippen LogP contribution >= 0.6 is 0 Å². The zero-order valence-electron chi connectivity index (χ0n) is 17.9. The molecule has 4 rings (SSSR count). The lowest BCUT2D eigenvalue weighted by Gasteiger charge is -2.16. The number of anilines is 2. The molecule has 30 heavy (non-hydrogen) atoms. The molecule has 0 radical (unpaired) electrons. The van der Waals surface area contributed by atoms with Crippen molar-refractivity contribution in [2.75, 3.05) is 23.3 Å². The van der Waals surface area contributed by atoms with E-state index in [9.17, 15) is 4.79 Å². The van der Waals surface area contributed by atoms with Gasteiger partial charge in [-0.3, -0.25) is 4.79 Å². The molecular weight excluding hydrogens is 376 g/mol. The van der Waals surface area contributed by atoms with Gasteiger partial charge in [0.1, 0.15) is 12.1 Å². The van der Waals surface area contributed by atoms with Gasteiger partial charge in [0.2, 0.25) is 5.91 Å². The summed E-state index contributed by atoms with van der Waals surface area (Å²) in [5, 5.41) is 7.66. The van der Waals surface area contributed by atoms with Crippen molar-refractivity contribution in [3.63, 3.8) is 0 Å². The summed E-state index contributed by atoms with van der Waals surface area (Å²) in [7, 11) is 0. The lowest BCUT2D eigenvalue weighted by molar-refractivity contribution is -0.116. The summed E-state index contributed by atoms with van der Waals surface area (Å²) >= 11 is 0. The maximum atomic E-state index is 12.4. The lowest BCUT2D eigenvalue weighted by Crippen LogP contribution is -2.19. The van der Waals surface area contributed by atoms with Crippen molar-refractivity contribution in [1.29, 1.82) is 0 Å². The summed E-state index contributed by atoms with van der Waals surface area (Å²) in [5.74, 6) is 1.72. The van der Waals surface area contributed by atoms with E-state index in [4.69, 9.17) is 5.10 Å². The normalized spacial score (nSPS) is 13.6. The summed E-state index contributed by atoms with van der Waals surface area (Å²) in [5.41, 5.74) is 5.03. The Hall–Kier alpha value is -3.22. The van der Waals surface area contributed by atoms with Gasteiger partial charge in [0.05, 0.1) is 5.69 Å². The first-order valence-corrected chi connectivity index (χ1v) is 10.5. The van der Waals surface area contributed by atoms with Gasteiger partial charge >= 0.3 is 0 Å². The average Bonchev–Trinajstić information content (AvgIpc) is 3.37. The van der Waals surface area contributed by atoms with Gasteiger partial charge in [-0.05, 0) is 57.7 Å². The Morgan fingerprint density at radius 1 is 1.03 bits per heavy atom. The minimum Gasteiger partial charge on any atom is -0.356 e. The molecule has 0 aliphatic carbocycles. The SMILES string of the molecule is Cc1ccc(NC(=O)CCc2c(C)nn(-c3cc(N4CCCC4)ncn3)c2C)cc1. The van der Waals surface area contributed by atoms with Gasteiger partial charge in [-0.2, -0.15) is 5.10 Å². The first-order valence-electron chi connectivity index (χ1n) is 10.5. The van der Waals surface area contributed by atoms with E-state index in [1.165, 1.54) is 18.4 Å². The van der Waals surface area contributed by atoms with E-state index in [0.29, 0.717) is 12.8 Å². The van der Waals surface area contributed by atoms with Crippen LogP contribution in [0.1, 0.15) is 41.8 Å². The Balaban J connectivity index is 1.46. The van der Waals surface area contributed by atoms with Crippen molar-refractivity contribution < 1.29 is 4.79 Å². The van der Waals surface area contributed by atoms with Crippen molar-refractivity contribution in [2.24, 2.45) is 0 Å². The monoisotopic (exact) mass is 404 g/mol. The van der Waals surface area contributed by atoms with Crippen LogP contribution in [0.2, 0.25) is 0 Å². The Kier molecular flexibility index (Phi) is 5.79. The summed E-state index contributed by atoms with van der Waals surface area (Å²) in [6, 6.07) is 9.83. The maximum absolute atomic E-state index is 12.4. The van der Waals surface area contributed by atoms with E-state index in [1.54, 1.807) is 6.33 Å². The molecule has 1 aliphatic rings. The number of aryl methyl sites for hydroxylation is 2. The zero-order chi connectivity index (χ0) is 21.1. The number of amides is 1. The number of carbonyl (C=O) groups is 1. The summed E-state index contributed by atoms with van der Waals surface area (Å²) in [6.07, 6.45) is 5.06. The number of benzene rings is 1. The van der Waals surface area contributed by atoms with Crippen molar-refractivity contribution in [1.82, 2.24) is 19.7 Å². The number of nitrogens with one attached hydrogen (secondary N) is 1. The second kappa shape index (κ2) is 8.65. The molecule has 1 saturated heterocycles. The van der Waals surface area contributed by atoms with Crippen LogP contribution < -0.4 is 10.2 Å². The number of nitrogens with zero attached hydrogens (tertiary/aromatic N) is 5. The number of carbonyl (C=O) groups excluding carboxylic acids is 1. The summed E-state index contributed by atoms with van der Waals surface area (Å²) in [6.45, 7) is 8.12. The highest BCUT2D eigenvalue weighted by Crippen LogP contribution is 2.22. The Bertz CT molecular complexity index is 1030. The first kappa shape index (κ1) is 20.1. The summed E-state index contributed by atoms with van der Waals surface area (Å²) in [4.78, 5) is 23.6. The summed E-state index contributed by atoms with van der Waals surface area (Å²) < 4.78 is 1.86. The molecule has 1 amide bonds. The molecule has 7 nitrogen and oxygen atoms in total. The third-order valence-electron chi connectivity index (χ3n) is 5.66. The fourth-order valence-corrected chi connectivity index (χ4v) is 3.93. The molecule has 1 aliphatic heterocycles. The van der Waals surface area contributed by atoms with E-state index in [1.807, 2.05) is 55.8 Å². The highest BCUT2D eigenvalue weighted by atomic mass is 16.1. The fourth-order valence-electron chi connectivity index (χ4n) is 3.93. The third kappa shape index (κ3) is 4.35. The predicted molar refractivity (Wildman–Crippen MR) is 118 cm³/mol. The molecule has 1 N–H and O–H groups in total. The van der Waals surface area contributed by atoms with E-state index >= 15 is 0 Å². The van der Waals surface area contributed by atoms with Crippen LogP contribution in [0, 0.1) is 20.8 Å². The van der Waals surface area contributed by atoms with Gasteiger partial charge in [0.25, 0.3) is 0 Å². The molecule has 0 spiro atoms. The predicted octanol–water partition coefficient (Wildman–Crippen LogP) is 3.76. The molecule has 0 bridgehead atoms. The molecule has 7 heteroatoms. The largest absolute Gasteiger partial charge is 0.356 e. The third-order valence-corrected chi connectivity index (χ3v) is 5.66. The number of aromatic nitrogens is 4. The molecule has 1 aromatic carbocycles. The van der Waals surface area contributed by atoms with Crippen LogP contribution in [-0.2, 0) is 11.2 Å². The van der Waals surface area contributed by atoms with Crippen LogP contribution in [0.25, 0.3) is 5.82 Å². The van der Waals surface area contributed by atoms with Crippen molar-refractivity contribution in [3.05, 3.63) is 59.2 Å². The van der Waals surface area contributed by atoms with Crippen molar-refractivity contribution >= 4 is 17.4 Å². The fraction of sp³-hybridized carbons (Fsp3) is 0.391. The number of hydrogen-bond acceptors (Lipinski definition) is 5. The number of rotatable bonds is 6. The van der Waals surface area contributed by atoms with Gasteiger partial charge in [-0.15, -0.1) is 0 Å². The lowest BCUT2D eigenvalue weighted by atomic mass is 10.1. The van der Waals surface area contributed by atoms with Crippen LogP contribution in [0.5, 0.6) is 0 Å². The Morgan fingerprint density at radius 2 is 1.73 bits per heavy atom. The number of hydrogen-bond donors (Lipinski definition) is 1. The van der Waals surface area contributed by atoms with Gasteiger partial charge in [0, 0.05) is 37.0 Å². The Morgan fingerprint density at radius 3 is 2.47 bits per heavy atom. The van der Waals surface area contributed by atoms with Crippen LogP contribution in [0.3, 0.4) is 0 Å². The maximum Gasteiger partial charge on any atom is 0.224 e. The van der Waals surface area contributed by atoms with Crippen LogP contribution in [0.4, 0.5) is 11.5 Å². The van der Waals surface area contributed by atoms with E-state index in [2.05, 4.69) is 20.2 Å². The molecular formula is C23H28N6O. The highest BCUT2D eigenvalue weighted by Gasteiger charge is 2.18. The van der Waals surface area contributed by atoms with E-state index in [-0.39, 0.29) is 5.91 Å². The molecule has 1 fully saturated rings. The molecule has 0 atom stereocenters. The van der Waals surface area contributed by atoms with Gasteiger partial charge in [-0.1, -0.05) is 17.7 Å². The molecule has 0 unspecified atom stereocenters. The zero-order valence-corrected chi connectivity index (χ0v) is 17.9. The second-order valence-electron chi connectivity index (χ2n) is 7.90. The second-order valence-corrected chi connectivity index (χ2v) is 7.90. The topological polar surface area (TPSA) is 75.9 Å². The van der Waals surface area contributed by atoms with Gasteiger partial charge < -0.3 is 10.2 Å².